The number of aryl methyl sites for hydroxylation is 2. The van der Waals surface area contributed by atoms with Gasteiger partial charge < -0.3 is 9.64 Å². The molecule has 1 fully saturated rings. The predicted octanol–water partition coefficient (Wildman–Crippen LogP) is 1.89. The van der Waals surface area contributed by atoms with Crippen molar-refractivity contribution >= 4 is 5.82 Å². The van der Waals surface area contributed by atoms with Crippen LogP contribution in [0.3, 0.4) is 0 Å². The fraction of sp³-hybridized carbons (Fsp3) is 0.533. The molecule has 2 aromatic heterocycles. The van der Waals surface area contributed by atoms with E-state index in [1.807, 2.05) is 24.6 Å². The van der Waals surface area contributed by atoms with Gasteiger partial charge in [0.2, 0.25) is 0 Å². The van der Waals surface area contributed by atoms with E-state index in [2.05, 4.69) is 28.8 Å². The second-order valence-electron chi connectivity index (χ2n) is 6.10. The first-order valence-corrected chi connectivity index (χ1v) is 7.19. The van der Waals surface area contributed by atoms with Crippen molar-refractivity contribution < 1.29 is 4.74 Å². The van der Waals surface area contributed by atoms with Crippen molar-refractivity contribution in [3.05, 3.63) is 29.8 Å². The molecule has 6 heteroatoms. The topological polar surface area (TPSA) is 56.1 Å². The quantitative estimate of drug-likeness (QED) is 0.844. The maximum absolute atomic E-state index is 5.75. The van der Waals surface area contributed by atoms with E-state index in [9.17, 15) is 0 Å². The first-order chi connectivity index (χ1) is 9.94. The smallest absolute Gasteiger partial charge is 0.174 e. The summed E-state index contributed by atoms with van der Waals surface area (Å²) in [6.45, 7) is 10.5. The van der Waals surface area contributed by atoms with Gasteiger partial charge in [0.05, 0.1) is 30.3 Å². The molecule has 6 nitrogen and oxygen atoms in total. The number of ether oxygens (including phenoxy) is 1. The molecule has 1 saturated heterocycles. The number of nitrogens with zero attached hydrogens (tertiary/aromatic N) is 5. The third kappa shape index (κ3) is 2.90. The Hall–Kier alpha value is -1.95. The maximum atomic E-state index is 5.75. The van der Waals surface area contributed by atoms with Gasteiger partial charge in [0.1, 0.15) is 5.82 Å². The Bertz CT molecular complexity index is 649. The Balaban J connectivity index is 1.91. The number of aromatic nitrogens is 4. The second kappa shape index (κ2) is 5.11. The fourth-order valence-electron chi connectivity index (χ4n) is 2.67. The van der Waals surface area contributed by atoms with E-state index >= 15 is 0 Å². The monoisotopic (exact) mass is 287 g/mol. The van der Waals surface area contributed by atoms with Crippen LogP contribution in [0.2, 0.25) is 0 Å². The molecule has 0 atom stereocenters. The molecule has 21 heavy (non-hydrogen) atoms. The molecule has 0 radical (unpaired) electrons. The molecule has 3 rings (SSSR count). The van der Waals surface area contributed by atoms with E-state index in [4.69, 9.17) is 9.72 Å². The lowest BCUT2D eigenvalue weighted by Crippen LogP contribution is -2.48. The van der Waals surface area contributed by atoms with Gasteiger partial charge in [-0.2, -0.15) is 5.10 Å². The van der Waals surface area contributed by atoms with Crippen LogP contribution in [-0.4, -0.2) is 45.0 Å². The van der Waals surface area contributed by atoms with Crippen molar-refractivity contribution in [1.82, 2.24) is 19.7 Å². The minimum absolute atomic E-state index is 0.159. The van der Waals surface area contributed by atoms with E-state index in [-0.39, 0.29) is 5.60 Å². The van der Waals surface area contributed by atoms with Crippen LogP contribution >= 0.6 is 0 Å². The summed E-state index contributed by atoms with van der Waals surface area (Å²) in [5.41, 5.74) is 1.88. The van der Waals surface area contributed by atoms with E-state index in [1.165, 1.54) is 0 Å². The van der Waals surface area contributed by atoms with E-state index < -0.39 is 0 Å². The Morgan fingerprint density at radius 1 is 1.19 bits per heavy atom. The molecule has 0 aliphatic carbocycles. The molecule has 0 amide bonds. The maximum Gasteiger partial charge on any atom is 0.174 e. The third-order valence-electron chi connectivity index (χ3n) is 3.59. The Kier molecular flexibility index (Phi) is 3.41. The Morgan fingerprint density at radius 3 is 2.62 bits per heavy atom. The SMILES string of the molecule is Cc1cc(C)n(-c2cncc(N3CCOC(C)(C)C3)n2)n1. The van der Waals surface area contributed by atoms with Gasteiger partial charge in [-0.1, -0.05) is 0 Å². The number of hydrogen-bond donors (Lipinski definition) is 0. The van der Waals surface area contributed by atoms with Gasteiger partial charge in [-0.25, -0.2) is 9.67 Å². The zero-order chi connectivity index (χ0) is 15.0. The summed E-state index contributed by atoms with van der Waals surface area (Å²) in [5.74, 6) is 1.62. The lowest BCUT2D eigenvalue weighted by atomic mass is 10.1. The van der Waals surface area contributed by atoms with Crippen LogP contribution in [0.4, 0.5) is 5.82 Å². The molecule has 0 saturated carbocycles. The second-order valence-corrected chi connectivity index (χ2v) is 6.10. The highest BCUT2D eigenvalue weighted by Crippen LogP contribution is 2.22. The van der Waals surface area contributed by atoms with Crippen molar-refractivity contribution in [2.45, 2.75) is 33.3 Å². The Labute approximate surface area is 124 Å². The first-order valence-electron chi connectivity index (χ1n) is 7.19. The van der Waals surface area contributed by atoms with Crippen molar-refractivity contribution in [2.24, 2.45) is 0 Å². The minimum Gasteiger partial charge on any atom is -0.372 e. The first kappa shape index (κ1) is 14.0. The lowest BCUT2D eigenvalue weighted by Gasteiger charge is -2.38. The summed E-state index contributed by atoms with van der Waals surface area (Å²) in [6.07, 6.45) is 3.55. The molecule has 2 aromatic rings. The summed E-state index contributed by atoms with van der Waals surface area (Å²) in [7, 11) is 0. The van der Waals surface area contributed by atoms with Crippen LogP contribution in [0.25, 0.3) is 5.82 Å². The van der Waals surface area contributed by atoms with Gasteiger partial charge in [0.15, 0.2) is 5.82 Å². The standard InChI is InChI=1S/C15H21N5O/c1-11-7-12(2)20(18-11)14-9-16-8-13(17-14)19-5-6-21-15(3,4)10-19/h7-9H,5-6,10H2,1-4H3. The number of morpholine rings is 1. The molecule has 1 aliphatic rings. The van der Waals surface area contributed by atoms with E-state index in [0.29, 0.717) is 6.61 Å². The molecule has 3 heterocycles. The summed E-state index contributed by atoms with van der Waals surface area (Å²) in [4.78, 5) is 11.3. The molecule has 0 bridgehead atoms. The summed E-state index contributed by atoms with van der Waals surface area (Å²) >= 11 is 0. The molecule has 0 aromatic carbocycles. The van der Waals surface area contributed by atoms with E-state index in [0.717, 1.165) is 36.1 Å². The highest BCUT2D eigenvalue weighted by atomic mass is 16.5. The van der Waals surface area contributed by atoms with Gasteiger partial charge in [0, 0.05) is 18.8 Å². The zero-order valence-electron chi connectivity index (χ0n) is 13.0. The molecule has 0 N–H and O–H groups in total. The molecule has 0 unspecified atom stereocenters. The van der Waals surface area contributed by atoms with Crippen molar-refractivity contribution in [2.75, 3.05) is 24.6 Å². The Morgan fingerprint density at radius 2 is 1.95 bits per heavy atom. The van der Waals surface area contributed by atoms with Gasteiger partial charge in [-0.15, -0.1) is 0 Å². The average Bonchev–Trinajstić information content (AvgIpc) is 2.77. The molecular weight excluding hydrogens is 266 g/mol. The van der Waals surface area contributed by atoms with Crippen LogP contribution in [0.1, 0.15) is 25.2 Å². The van der Waals surface area contributed by atoms with Crippen LogP contribution < -0.4 is 4.90 Å². The summed E-state index contributed by atoms with van der Waals surface area (Å²) < 4.78 is 7.58. The molecule has 112 valence electrons. The zero-order valence-corrected chi connectivity index (χ0v) is 13.0. The van der Waals surface area contributed by atoms with Crippen molar-refractivity contribution in [1.29, 1.82) is 0 Å². The highest BCUT2D eigenvalue weighted by Gasteiger charge is 2.28. The van der Waals surface area contributed by atoms with Crippen molar-refractivity contribution in [3.8, 4) is 5.82 Å². The van der Waals surface area contributed by atoms with Crippen LogP contribution in [0.5, 0.6) is 0 Å². The van der Waals surface area contributed by atoms with Crippen LogP contribution in [0, 0.1) is 13.8 Å². The van der Waals surface area contributed by atoms with Gasteiger partial charge in [0.25, 0.3) is 0 Å². The minimum atomic E-state index is -0.159. The molecule has 0 spiro atoms. The number of hydrogen-bond acceptors (Lipinski definition) is 5. The van der Waals surface area contributed by atoms with Crippen LogP contribution in [-0.2, 0) is 4.74 Å². The summed E-state index contributed by atoms with van der Waals surface area (Å²) in [5, 5.41) is 4.47. The fourth-order valence-corrected chi connectivity index (χ4v) is 2.67. The molecule has 1 aliphatic heterocycles. The third-order valence-corrected chi connectivity index (χ3v) is 3.59. The highest BCUT2D eigenvalue weighted by molar-refractivity contribution is 5.40. The van der Waals surface area contributed by atoms with Crippen molar-refractivity contribution in [3.63, 3.8) is 0 Å². The number of anilines is 1. The summed E-state index contributed by atoms with van der Waals surface area (Å²) in [6, 6.07) is 2.03. The number of rotatable bonds is 2. The predicted molar refractivity (Wildman–Crippen MR) is 80.9 cm³/mol. The van der Waals surface area contributed by atoms with Gasteiger partial charge >= 0.3 is 0 Å². The van der Waals surface area contributed by atoms with Gasteiger partial charge in [-0.05, 0) is 33.8 Å². The normalized spacial score (nSPS) is 18.0. The van der Waals surface area contributed by atoms with E-state index in [1.54, 1.807) is 12.4 Å². The lowest BCUT2D eigenvalue weighted by molar-refractivity contribution is -0.0279. The van der Waals surface area contributed by atoms with Crippen LogP contribution in [0.15, 0.2) is 18.5 Å². The molecular formula is C15H21N5O. The largest absolute Gasteiger partial charge is 0.372 e. The average molecular weight is 287 g/mol. The van der Waals surface area contributed by atoms with Gasteiger partial charge in [-0.3, -0.25) is 4.98 Å².